The van der Waals surface area contributed by atoms with Crippen LogP contribution in [-0.2, 0) is 19.4 Å². The first-order valence-electron chi connectivity index (χ1n) is 11.8. The maximum Gasteiger partial charge on any atom is 0.337 e. The number of hydrogen-bond acceptors (Lipinski definition) is 3. The Kier molecular flexibility index (Phi) is 6.90. The van der Waals surface area contributed by atoms with Crippen molar-refractivity contribution in [2.45, 2.75) is 71.3 Å². The number of nitrogens with zero attached hydrogens (tertiary/aromatic N) is 3. The van der Waals surface area contributed by atoms with Gasteiger partial charge in [-0.05, 0) is 54.9 Å². The van der Waals surface area contributed by atoms with E-state index in [9.17, 15) is 15.2 Å². The molecule has 0 saturated heterocycles. The first-order valence-corrected chi connectivity index (χ1v) is 11.8. The number of para-hydroxylation sites is 1. The Bertz CT molecular complexity index is 1160. The largest absolute Gasteiger partial charge is 0.478 e. The Morgan fingerprint density at radius 1 is 1.28 bits per heavy atom. The number of aromatic carboxylic acids is 1. The number of aryl methyl sites for hydroxylation is 1. The first-order chi connectivity index (χ1) is 15.6. The molecule has 1 aliphatic rings. The van der Waals surface area contributed by atoms with Crippen LogP contribution in [-0.4, -0.2) is 20.6 Å². The summed E-state index contributed by atoms with van der Waals surface area (Å²) in [4.78, 5) is 16.3. The minimum absolute atomic E-state index is 0.347. The molecule has 0 bridgehead atoms. The highest BCUT2D eigenvalue weighted by Gasteiger charge is 2.26. The molecule has 0 spiro atoms. The molecule has 0 saturated carbocycles. The van der Waals surface area contributed by atoms with Gasteiger partial charge in [-0.3, -0.25) is 4.98 Å². The average molecular weight is 430 g/mol. The van der Waals surface area contributed by atoms with E-state index in [1.54, 1.807) is 18.5 Å². The number of rotatable bonds is 8. The van der Waals surface area contributed by atoms with Crippen LogP contribution in [0.3, 0.4) is 0 Å². The maximum atomic E-state index is 12.1. The van der Waals surface area contributed by atoms with Crippen molar-refractivity contribution in [3.05, 3.63) is 64.6 Å². The summed E-state index contributed by atoms with van der Waals surface area (Å²) in [5, 5.41) is 20.3. The number of aromatic nitrogens is 2. The molecule has 0 fully saturated rings. The van der Waals surface area contributed by atoms with Gasteiger partial charge in [0, 0.05) is 30.0 Å². The van der Waals surface area contributed by atoms with Gasteiger partial charge in [0.1, 0.15) is 6.07 Å². The second-order valence-electron chi connectivity index (χ2n) is 9.02. The van der Waals surface area contributed by atoms with Crippen LogP contribution in [0.15, 0.2) is 36.7 Å². The van der Waals surface area contributed by atoms with Gasteiger partial charge in [0.25, 0.3) is 0 Å². The van der Waals surface area contributed by atoms with Crippen LogP contribution >= 0.6 is 0 Å². The average Bonchev–Trinajstić information content (AvgIpc) is 2.95. The molecule has 1 aromatic carbocycles. The highest BCUT2D eigenvalue weighted by molar-refractivity contribution is 6.04. The molecule has 166 valence electrons. The number of hydrogen-bond donors (Lipinski definition) is 1. The Labute approximate surface area is 189 Å². The summed E-state index contributed by atoms with van der Waals surface area (Å²) >= 11 is 0. The van der Waals surface area contributed by atoms with Crippen molar-refractivity contribution in [2.75, 3.05) is 0 Å². The molecular formula is C27H31N3O2. The van der Waals surface area contributed by atoms with Crippen LogP contribution < -0.4 is 0 Å². The number of carboxylic acid groups (broad SMARTS) is 1. The van der Waals surface area contributed by atoms with E-state index in [2.05, 4.69) is 28.6 Å². The summed E-state index contributed by atoms with van der Waals surface area (Å²) in [5.41, 5.74) is 5.18. The van der Waals surface area contributed by atoms with E-state index < -0.39 is 5.97 Å². The highest BCUT2D eigenvalue weighted by Crippen LogP contribution is 2.36. The molecule has 3 aromatic rings. The molecule has 32 heavy (non-hydrogen) atoms. The summed E-state index contributed by atoms with van der Waals surface area (Å²) in [6, 6.07) is 9.65. The fraction of sp³-hybridized carbons (Fsp3) is 0.444. The Morgan fingerprint density at radius 3 is 2.94 bits per heavy atom. The number of carbonyl (C=O) groups is 1. The number of carboxylic acids is 1. The molecule has 1 N–H and O–H groups in total. The molecule has 2 aromatic heterocycles. The van der Waals surface area contributed by atoms with Gasteiger partial charge in [-0.2, -0.15) is 5.26 Å². The number of unbranched alkanes of at least 4 members (excludes halogenated alkanes) is 3. The summed E-state index contributed by atoms with van der Waals surface area (Å²) in [6.45, 7) is 2.77. The normalized spacial score (nSPS) is 15.8. The summed E-state index contributed by atoms with van der Waals surface area (Å²) in [7, 11) is 0. The molecule has 0 aliphatic heterocycles. The lowest BCUT2D eigenvalue weighted by molar-refractivity contribution is 0.0698. The molecule has 1 aliphatic carbocycles. The van der Waals surface area contributed by atoms with Crippen LogP contribution in [0.4, 0.5) is 0 Å². The van der Waals surface area contributed by atoms with E-state index in [4.69, 9.17) is 0 Å². The smallest absolute Gasteiger partial charge is 0.337 e. The van der Waals surface area contributed by atoms with Crippen molar-refractivity contribution >= 4 is 16.9 Å². The number of pyridine rings is 1. The third kappa shape index (κ3) is 4.55. The topological polar surface area (TPSA) is 78.9 Å². The van der Waals surface area contributed by atoms with Crippen molar-refractivity contribution in [3.63, 3.8) is 0 Å². The molecule has 1 atom stereocenters. The van der Waals surface area contributed by atoms with E-state index >= 15 is 0 Å². The van der Waals surface area contributed by atoms with Crippen molar-refractivity contribution in [1.29, 1.82) is 5.26 Å². The standard InChI is InChI=1S/C27H31N3O2/c1-2-3-4-5-8-19-9-6-10-22-23-11-7-12-24(27(31)32)26(23)30(25(22)14-19)18-21-13-20(15-28)16-29-17-21/h7,11-13,16-17,19H,2-6,8-10,14,18H2,1H3,(H,31,32). The van der Waals surface area contributed by atoms with E-state index in [1.165, 1.54) is 49.8 Å². The van der Waals surface area contributed by atoms with Gasteiger partial charge in [-0.1, -0.05) is 51.2 Å². The van der Waals surface area contributed by atoms with E-state index in [0.29, 0.717) is 23.6 Å². The van der Waals surface area contributed by atoms with Crippen LogP contribution in [0, 0.1) is 17.2 Å². The fourth-order valence-corrected chi connectivity index (χ4v) is 5.26. The van der Waals surface area contributed by atoms with Gasteiger partial charge in [0.15, 0.2) is 0 Å². The molecule has 0 radical (unpaired) electrons. The first kappa shape index (κ1) is 22.1. The SMILES string of the molecule is CCCCCCC1CCCc2c(n(Cc3cncc(C#N)c3)c3c(C(=O)O)cccc23)C1. The number of fused-ring (bicyclic) bond motifs is 3. The predicted molar refractivity (Wildman–Crippen MR) is 126 cm³/mol. The Morgan fingerprint density at radius 2 is 2.16 bits per heavy atom. The van der Waals surface area contributed by atoms with Gasteiger partial charge < -0.3 is 9.67 Å². The van der Waals surface area contributed by atoms with Gasteiger partial charge in [0.05, 0.1) is 16.6 Å². The number of nitriles is 1. The van der Waals surface area contributed by atoms with E-state index in [1.807, 2.05) is 12.1 Å². The summed E-state index contributed by atoms with van der Waals surface area (Å²) < 4.78 is 2.21. The zero-order valence-electron chi connectivity index (χ0n) is 18.8. The molecule has 0 amide bonds. The second kappa shape index (κ2) is 9.99. The van der Waals surface area contributed by atoms with Crippen LogP contribution in [0.2, 0.25) is 0 Å². The molecule has 1 unspecified atom stereocenters. The molecule has 5 nitrogen and oxygen atoms in total. The van der Waals surface area contributed by atoms with Crippen molar-refractivity contribution < 1.29 is 9.90 Å². The lowest BCUT2D eigenvalue weighted by atomic mass is 9.93. The van der Waals surface area contributed by atoms with Gasteiger partial charge in [-0.15, -0.1) is 0 Å². The van der Waals surface area contributed by atoms with Crippen molar-refractivity contribution in [2.24, 2.45) is 5.92 Å². The van der Waals surface area contributed by atoms with Crippen LogP contribution in [0.25, 0.3) is 10.9 Å². The Hall–Kier alpha value is -3.13. The molecular weight excluding hydrogens is 398 g/mol. The second-order valence-corrected chi connectivity index (χ2v) is 9.02. The predicted octanol–water partition coefficient (Wildman–Crippen LogP) is 6.12. The van der Waals surface area contributed by atoms with Gasteiger partial charge >= 0.3 is 5.97 Å². The molecule has 5 heteroatoms. The quantitative estimate of drug-likeness (QED) is 0.345. The third-order valence-corrected chi connectivity index (χ3v) is 6.79. The van der Waals surface area contributed by atoms with E-state index in [0.717, 1.165) is 35.7 Å². The highest BCUT2D eigenvalue weighted by atomic mass is 16.4. The van der Waals surface area contributed by atoms with Gasteiger partial charge in [0.2, 0.25) is 0 Å². The zero-order chi connectivity index (χ0) is 22.5. The lowest BCUT2D eigenvalue weighted by Gasteiger charge is -2.18. The minimum atomic E-state index is -0.899. The van der Waals surface area contributed by atoms with Crippen LogP contribution in [0.1, 0.15) is 84.6 Å². The van der Waals surface area contributed by atoms with Gasteiger partial charge in [-0.25, -0.2) is 4.79 Å². The summed E-state index contributed by atoms with van der Waals surface area (Å²) in [5.74, 6) is -0.266. The summed E-state index contributed by atoms with van der Waals surface area (Å²) in [6.07, 6.45) is 14.0. The molecule has 4 rings (SSSR count). The number of benzene rings is 1. The molecule has 2 heterocycles. The minimum Gasteiger partial charge on any atom is -0.478 e. The van der Waals surface area contributed by atoms with Crippen molar-refractivity contribution in [1.82, 2.24) is 9.55 Å². The monoisotopic (exact) mass is 429 g/mol. The lowest BCUT2D eigenvalue weighted by Crippen LogP contribution is -2.12. The van der Waals surface area contributed by atoms with Crippen LogP contribution in [0.5, 0.6) is 0 Å². The third-order valence-electron chi connectivity index (χ3n) is 6.79. The van der Waals surface area contributed by atoms with E-state index in [-0.39, 0.29) is 0 Å². The maximum absolute atomic E-state index is 12.1. The zero-order valence-corrected chi connectivity index (χ0v) is 18.8. The van der Waals surface area contributed by atoms with Crippen molar-refractivity contribution in [3.8, 4) is 6.07 Å². The Balaban J connectivity index is 1.78. The fourth-order valence-electron chi connectivity index (χ4n) is 5.26.